The van der Waals surface area contributed by atoms with E-state index >= 15 is 0 Å². The summed E-state index contributed by atoms with van der Waals surface area (Å²) in [5, 5.41) is 3.84. The SMILES string of the molecule is C1CCCC(N2CCCC(NC3CC3)C2)CC1. The highest BCUT2D eigenvalue weighted by Crippen LogP contribution is 2.26. The van der Waals surface area contributed by atoms with Crippen LogP contribution in [0.1, 0.15) is 64.2 Å². The van der Waals surface area contributed by atoms with Gasteiger partial charge in [0.1, 0.15) is 0 Å². The van der Waals surface area contributed by atoms with Crippen molar-refractivity contribution in [3.05, 3.63) is 0 Å². The van der Waals surface area contributed by atoms with E-state index in [1.165, 1.54) is 77.3 Å². The van der Waals surface area contributed by atoms with E-state index in [4.69, 9.17) is 0 Å². The van der Waals surface area contributed by atoms with Crippen LogP contribution in [-0.2, 0) is 0 Å². The fourth-order valence-corrected chi connectivity index (χ4v) is 3.68. The van der Waals surface area contributed by atoms with Crippen LogP contribution in [0, 0.1) is 0 Å². The molecule has 1 aliphatic heterocycles. The third kappa shape index (κ3) is 3.45. The predicted molar refractivity (Wildman–Crippen MR) is 72.2 cm³/mol. The molecule has 0 amide bonds. The molecule has 1 N–H and O–H groups in total. The van der Waals surface area contributed by atoms with Crippen LogP contribution in [0.15, 0.2) is 0 Å². The minimum absolute atomic E-state index is 0.805. The zero-order chi connectivity index (χ0) is 11.5. The van der Waals surface area contributed by atoms with Gasteiger partial charge in [-0.3, -0.25) is 4.90 Å². The quantitative estimate of drug-likeness (QED) is 0.758. The molecule has 3 rings (SSSR count). The van der Waals surface area contributed by atoms with Gasteiger partial charge in [-0.05, 0) is 45.1 Å². The Balaban J connectivity index is 1.50. The lowest BCUT2D eigenvalue weighted by atomic mass is 10.00. The van der Waals surface area contributed by atoms with Gasteiger partial charge in [-0.25, -0.2) is 0 Å². The average molecular weight is 236 g/mol. The summed E-state index contributed by atoms with van der Waals surface area (Å²) in [6.45, 7) is 2.70. The van der Waals surface area contributed by atoms with Gasteiger partial charge >= 0.3 is 0 Å². The molecule has 3 fully saturated rings. The topological polar surface area (TPSA) is 15.3 Å². The molecule has 2 heteroatoms. The molecular weight excluding hydrogens is 208 g/mol. The molecule has 2 saturated carbocycles. The van der Waals surface area contributed by atoms with E-state index in [-0.39, 0.29) is 0 Å². The van der Waals surface area contributed by atoms with Crippen LogP contribution in [0.4, 0.5) is 0 Å². The van der Waals surface area contributed by atoms with Crippen molar-refractivity contribution in [2.75, 3.05) is 13.1 Å². The summed E-state index contributed by atoms with van der Waals surface area (Å²) in [6, 6.07) is 2.61. The Hall–Kier alpha value is -0.0800. The molecule has 0 bridgehead atoms. The molecular formula is C15H28N2. The van der Waals surface area contributed by atoms with Crippen molar-refractivity contribution in [3.8, 4) is 0 Å². The van der Waals surface area contributed by atoms with Gasteiger partial charge in [0.25, 0.3) is 0 Å². The van der Waals surface area contributed by atoms with E-state index in [1.807, 2.05) is 0 Å². The van der Waals surface area contributed by atoms with Crippen molar-refractivity contribution in [2.45, 2.75) is 82.3 Å². The first-order chi connectivity index (χ1) is 8.42. The third-order valence-electron chi connectivity index (χ3n) is 4.84. The maximum absolute atomic E-state index is 3.84. The molecule has 0 spiro atoms. The second kappa shape index (κ2) is 5.71. The van der Waals surface area contributed by atoms with Crippen LogP contribution in [0.2, 0.25) is 0 Å². The summed E-state index contributed by atoms with van der Waals surface area (Å²) < 4.78 is 0. The largest absolute Gasteiger partial charge is 0.310 e. The lowest BCUT2D eigenvalue weighted by molar-refractivity contribution is 0.125. The van der Waals surface area contributed by atoms with Crippen LogP contribution < -0.4 is 5.32 Å². The molecule has 98 valence electrons. The van der Waals surface area contributed by atoms with E-state index in [0.717, 1.165) is 18.1 Å². The van der Waals surface area contributed by atoms with E-state index in [0.29, 0.717) is 0 Å². The van der Waals surface area contributed by atoms with E-state index in [9.17, 15) is 0 Å². The first kappa shape index (κ1) is 12.0. The Morgan fingerprint density at radius 3 is 2.18 bits per heavy atom. The van der Waals surface area contributed by atoms with Gasteiger partial charge in [-0.2, -0.15) is 0 Å². The number of nitrogens with one attached hydrogen (secondary N) is 1. The smallest absolute Gasteiger partial charge is 0.0198 e. The van der Waals surface area contributed by atoms with E-state index < -0.39 is 0 Å². The van der Waals surface area contributed by atoms with Gasteiger partial charge in [0.15, 0.2) is 0 Å². The average Bonchev–Trinajstić information content (AvgIpc) is 3.15. The minimum atomic E-state index is 0.805. The number of piperidine rings is 1. The Labute approximate surface area is 106 Å². The van der Waals surface area contributed by atoms with Gasteiger partial charge in [-0.15, -0.1) is 0 Å². The van der Waals surface area contributed by atoms with Crippen LogP contribution >= 0.6 is 0 Å². The van der Waals surface area contributed by atoms with Gasteiger partial charge in [-0.1, -0.05) is 25.7 Å². The van der Waals surface area contributed by atoms with Crippen molar-refractivity contribution >= 4 is 0 Å². The first-order valence-electron chi connectivity index (χ1n) is 7.92. The highest BCUT2D eigenvalue weighted by Gasteiger charge is 2.30. The maximum Gasteiger partial charge on any atom is 0.0198 e. The summed E-state index contributed by atoms with van der Waals surface area (Å²) >= 11 is 0. The molecule has 0 radical (unpaired) electrons. The number of rotatable bonds is 3. The molecule has 2 aliphatic carbocycles. The Kier molecular flexibility index (Phi) is 4.02. The fraction of sp³-hybridized carbons (Fsp3) is 1.00. The molecule has 17 heavy (non-hydrogen) atoms. The normalized spacial score (nSPS) is 33.5. The summed E-state index contributed by atoms with van der Waals surface area (Å²) in [6.07, 6.45) is 14.5. The highest BCUT2D eigenvalue weighted by atomic mass is 15.2. The number of likely N-dealkylation sites (tertiary alicyclic amines) is 1. The van der Waals surface area contributed by atoms with Crippen LogP contribution in [0.25, 0.3) is 0 Å². The van der Waals surface area contributed by atoms with Crippen LogP contribution in [0.3, 0.4) is 0 Å². The maximum atomic E-state index is 3.84. The third-order valence-corrected chi connectivity index (χ3v) is 4.84. The Bertz CT molecular complexity index is 229. The molecule has 1 atom stereocenters. The molecule has 0 aromatic heterocycles. The monoisotopic (exact) mass is 236 g/mol. The van der Waals surface area contributed by atoms with Gasteiger partial charge < -0.3 is 5.32 Å². The van der Waals surface area contributed by atoms with E-state index in [2.05, 4.69) is 10.2 Å². The van der Waals surface area contributed by atoms with Crippen LogP contribution in [0.5, 0.6) is 0 Å². The minimum Gasteiger partial charge on any atom is -0.310 e. The fourth-order valence-electron chi connectivity index (χ4n) is 3.68. The van der Waals surface area contributed by atoms with Crippen molar-refractivity contribution in [1.82, 2.24) is 10.2 Å². The van der Waals surface area contributed by atoms with Gasteiger partial charge in [0, 0.05) is 24.7 Å². The number of hydrogen-bond acceptors (Lipinski definition) is 2. The predicted octanol–water partition coefficient (Wildman–Crippen LogP) is 2.93. The Morgan fingerprint density at radius 1 is 0.706 bits per heavy atom. The lowest BCUT2D eigenvalue weighted by Crippen LogP contribution is -2.50. The second-order valence-electron chi connectivity index (χ2n) is 6.42. The van der Waals surface area contributed by atoms with Crippen molar-refractivity contribution in [3.63, 3.8) is 0 Å². The van der Waals surface area contributed by atoms with Crippen molar-refractivity contribution in [2.24, 2.45) is 0 Å². The highest BCUT2D eigenvalue weighted by molar-refractivity contribution is 4.89. The summed E-state index contributed by atoms with van der Waals surface area (Å²) in [5.74, 6) is 0. The molecule has 2 nitrogen and oxygen atoms in total. The van der Waals surface area contributed by atoms with Gasteiger partial charge in [0.2, 0.25) is 0 Å². The molecule has 3 aliphatic rings. The molecule has 0 aromatic rings. The van der Waals surface area contributed by atoms with E-state index in [1.54, 1.807) is 0 Å². The first-order valence-corrected chi connectivity index (χ1v) is 7.92. The lowest BCUT2D eigenvalue weighted by Gasteiger charge is -2.38. The van der Waals surface area contributed by atoms with Gasteiger partial charge in [0.05, 0.1) is 0 Å². The molecule has 0 aromatic carbocycles. The van der Waals surface area contributed by atoms with Crippen molar-refractivity contribution < 1.29 is 0 Å². The summed E-state index contributed by atoms with van der Waals surface area (Å²) in [5.41, 5.74) is 0. The molecule has 1 saturated heterocycles. The zero-order valence-corrected chi connectivity index (χ0v) is 11.2. The number of nitrogens with zero attached hydrogens (tertiary/aromatic N) is 1. The second-order valence-corrected chi connectivity index (χ2v) is 6.42. The standard InChI is InChI=1S/C15H28N2/c1-2-4-8-15(7-3-1)17-11-5-6-14(12-17)16-13-9-10-13/h13-16H,1-12H2. The van der Waals surface area contributed by atoms with Crippen LogP contribution in [-0.4, -0.2) is 36.1 Å². The molecule has 1 heterocycles. The summed E-state index contributed by atoms with van der Waals surface area (Å²) in [4.78, 5) is 2.81. The Morgan fingerprint density at radius 2 is 1.47 bits per heavy atom. The molecule has 1 unspecified atom stereocenters. The van der Waals surface area contributed by atoms with Crippen molar-refractivity contribution in [1.29, 1.82) is 0 Å². The zero-order valence-electron chi connectivity index (χ0n) is 11.2. The number of hydrogen-bond donors (Lipinski definition) is 1. The summed E-state index contributed by atoms with van der Waals surface area (Å²) in [7, 11) is 0.